The quantitative estimate of drug-likeness (QED) is 0.691. The van der Waals surface area contributed by atoms with E-state index in [2.05, 4.69) is 26.1 Å². The van der Waals surface area contributed by atoms with Crippen molar-refractivity contribution < 1.29 is 4.79 Å². The molecule has 0 radical (unpaired) electrons. The average Bonchev–Trinajstić information content (AvgIpc) is 1.91. The molecule has 1 amide bonds. The number of hydrogen-bond acceptors (Lipinski definition) is 2. The second kappa shape index (κ2) is 4.82. The Morgan fingerprint density at radius 1 is 1.46 bits per heavy atom. The SMILES string of the molecule is CC(C)(C)CN1CCNCC1=O.Cl. The van der Waals surface area contributed by atoms with E-state index in [0.717, 1.165) is 19.6 Å². The van der Waals surface area contributed by atoms with Gasteiger partial charge >= 0.3 is 0 Å². The molecule has 1 N–H and O–H groups in total. The Kier molecular flexibility index (Phi) is 4.71. The van der Waals surface area contributed by atoms with Crippen molar-refractivity contribution in [2.45, 2.75) is 20.8 Å². The van der Waals surface area contributed by atoms with Crippen LogP contribution in [0, 0.1) is 5.41 Å². The van der Waals surface area contributed by atoms with Crippen molar-refractivity contribution in [3.63, 3.8) is 0 Å². The fourth-order valence-electron chi connectivity index (χ4n) is 1.39. The van der Waals surface area contributed by atoms with Crippen LogP contribution in [0.25, 0.3) is 0 Å². The summed E-state index contributed by atoms with van der Waals surface area (Å²) in [5.41, 5.74) is 0.215. The van der Waals surface area contributed by atoms with Crippen LogP contribution in [0.4, 0.5) is 0 Å². The second-order valence-corrected chi connectivity index (χ2v) is 4.55. The molecule has 0 bridgehead atoms. The molecule has 0 spiro atoms. The monoisotopic (exact) mass is 206 g/mol. The molecule has 1 saturated heterocycles. The molecule has 0 aromatic carbocycles. The summed E-state index contributed by atoms with van der Waals surface area (Å²) in [6.45, 7) is 9.63. The number of amides is 1. The number of rotatable bonds is 1. The predicted octanol–water partition coefficient (Wildman–Crippen LogP) is 0.886. The average molecular weight is 207 g/mol. The van der Waals surface area contributed by atoms with E-state index < -0.39 is 0 Å². The minimum absolute atomic E-state index is 0. The molecule has 0 aromatic heterocycles. The summed E-state index contributed by atoms with van der Waals surface area (Å²) in [5, 5.41) is 3.06. The number of halogens is 1. The summed E-state index contributed by atoms with van der Waals surface area (Å²) in [6, 6.07) is 0. The topological polar surface area (TPSA) is 32.3 Å². The molecule has 0 saturated carbocycles. The Hall–Kier alpha value is -0.280. The van der Waals surface area contributed by atoms with Crippen LogP contribution in [0.5, 0.6) is 0 Å². The van der Waals surface area contributed by atoms with Gasteiger partial charge in [-0.3, -0.25) is 4.79 Å². The molecule has 1 aliphatic heterocycles. The fraction of sp³-hybridized carbons (Fsp3) is 0.889. The first-order valence-electron chi connectivity index (χ1n) is 4.47. The van der Waals surface area contributed by atoms with Crippen molar-refractivity contribution >= 4 is 18.3 Å². The Morgan fingerprint density at radius 2 is 2.08 bits per heavy atom. The molecule has 1 rings (SSSR count). The molecule has 1 aliphatic rings. The third-order valence-electron chi connectivity index (χ3n) is 1.85. The Balaban J connectivity index is 0.00000144. The number of nitrogens with zero attached hydrogens (tertiary/aromatic N) is 1. The van der Waals surface area contributed by atoms with E-state index in [1.54, 1.807) is 0 Å². The zero-order valence-electron chi connectivity index (χ0n) is 8.59. The molecule has 1 heterocycles. The lowest BCUT2D eigenvalue weighted by Gasteiger charge is -2.33. The molecular weight excluding hydrogens is 188 g/mol. The van der Waals surface area contributed by atoms with Crippen LogP contribution >= 0.6 is 12.4 Å². The van der Waals surface area contributed by atoms with E-state index in [1.807, 2.05) is 4.90 Å². The highest BCUT2D eigenvalue weighted by molar-refractivity contribution is 5.85. The molecule has 0 aliphatic carbocycles. The van der Waals surface area contributed by atoms with Crippen LogP contribution in [-0.4, -0.2) is 37.0 Å². The Bertz CT molecular complexity index is 177. The molecular formula is C9H19ClN2O. The zero-order chi connectivity index (χ0) is 9.19. The lowest BCUT2D eigenvalue weighted by molar-refractivity contribution is -0.133. The van der Waals surface area contributed by atoms with Gasteiger partial charge < -0.3 is 10.2 Å². The number of piperazine rings is 1. The third kappa shape index (κ3) is 4.48. The largest absolute Gasteiger partial charge is 0.340 e. The van der Waals surface area contributed by atoms with Gasteiger partial charge in [0.2, 0.25) is 5.91 Å². The van der Waals surface area contributed by atoms with Crippen molar-refractivity contribution in [2.75, 3.05) is 26.2 Å². The van der Waals surface area contributed by atoms with Gasteiger partial charge in [0.25, 0.3) is 0 Å². The molecule has 78 valence electrons. The van der Waals surface area contributed by atoms with E-state index >= 15 is 0 Å². The maximum atomic E-state index is 11.3. The maximum absolute atomic E-state index is 11.3. The molecule has 4 heteroatoms. The van der Waals surface area contributed by atoms with Gasteiger partial charge in [0.1, 0.15) is 0 Å². The van der Waals surface area contributed by atoms with Gasteiger partial charge in [-0.1, -0.05) is 20.8 Å². The summed E-state index contributed by atoms with van der Waals surface area (Å²) in [7, 11) is 0. The van der Waals surface area contributed by atoms with E-state index in [9.17, 15) is 4.79 Å². The van der Waals surface area contributed by atoms with Crippen LogP contribution in [0.1, 0.15) is 20.8 Å². The van der Waals surface area contributed by atoms with Crippen LogP contribution < -0.4 is 5.32 Å². The summed E-state index contributed by atoms with van der Waals surface area (Å²) in [6.07, 6.45) is 0. The predicted molar refractivity (Wildman–Crippen MR) is 56.2 cm³/mol. The highest BCUT2D eigenvalue weighted by Gasteiger charge is 2.22. The lowest BCUT2D eigenvalue weighted by atomic mass is 9.96. The first-order valence-corrected chi connectivity index (χ1v) is 4.47. The van der Waals surface area contributed by atoms with Crippen molar-refractivity contribution in [1.82, 2.24) is 10.2 Å². The van der Waals surface area contributed by atoms with Gasteiger partial charge in [0, 0.05) is 19.6 Å². The van der Waals surface area contributed by atoms with Gasteiger partial charge in [-0.25, -0.2) is 0 Å². The van der Waals surface area contributed by atoms with Crippen LogP contribution in [0.2, 0.25) is 0 Å². The van der Waals surface area contributed by atoms with Crippen LogP contribution in [0.3, 0.4) is 0 Å². The standard InChI is InChI=1S/C9H18N2O.ClH/c1-9(2,3)7-11-5-4-10-6-8(11)12;/h10H,4-7H2,1-3H3;1H. The summed E-state index contributed by atoms with van der Waals surface area (Å²) < 4.78 is 0. The number of carbonyl (C=O) groups is 1. The van der Waals surface area contributed by atoms with Gasteiger partial charge in [0.05, 0.1) is 6.54 Å². The normalized spacial score (nSPS) is 18.4. The van der Waals surface area contributed by atoms with Crippen LogP contribution in [-0.2, 0) is 4.79 Å². The molecule has 0 unspecified atom stereocenters. The third-order valence-corrected chi connectivity index (χ3v) is 1.85. The zero-order valence-corrected chi connectivity index (χ0v) is 9.41. The highest BCUT2D eigenvalue weighted by atomic mass is 35.5. The maximum Gasteiger partial charge on any atom is 0.236 e. The summed E-state index contributed by atoms with van der Waals surface area (Å²) >= 11 is 0. The van der Waals surface area contributed by atoms with Crippen molar-refractivity contribution in [3.05, 3.63) is 0 Å². The van der Waals surface area contributed by atoms with Crippen molar-refractivity contribution in [1.29, 1.82) is 0 Å². The van der Waals surface area contributed by atoms with E-state index in [-0.39, 0.29) is 23.7 Å². The van der Waals surface area contributed by atoms with E-state index in [0.29, 0.717) is 6.54 Å². The first-order chi connectivity index (χ1) is 5.49. The molecule has 0 atom stereocenters. The molecule has 0 aromatic rings. The Labute approximate surface area is 86.3 Å². The summed E-state index contributed by atoms with van der Waals surface area (Å²) in [5.74, 6) is 0.233. The lowest BCUT2D eigenvalue weighted by Crippen LogP contribution is -2.50. The first kappa shape index (κ1) is 12.7. The van der Waals surface area contributed by atoms with Gasteiger partial charge in [0.15, 0.2) is 0 Å². The fourth-order valence-corrected chi connectivity index (χ4v) is 1.39. The van der Waals surface area contributed by atoms with Crippen molar-refractivity contribution in [3.8, 4) is 0 Å². The molecule has 3 nitrogen and oxygen atoms in total. The van der Waals surface area contributed by atoms with Crippen LogP contribution in [0.15, 0.2) is 0 Å². The Morgan fingerprint density at radius 3 is 2.54 bits per heavy atom. The van der Waals surface area contributed by atoms with Gasteiger partial charge in [-0.05, 0) is 5.41 Å². The highest BCUT2D eigenvalue weighted by Crippen LogP contribution is 2.15. The smallest absolute Gasteiger partial charge is 0.236 e. The van der Waals surface area contributed by atoms with E-state index in [1.165, 1.54) is 0 Å². The van der Waals surface area contributed by atoms with Gasteiger partial charge in [-0.2, -0.15) is 0 Å². The van der Waals surface area contributed by atoms with Crippen molar-refractivity contribution in [2.24, 2.45) is 5.41 Å². The van der Waals surface area contributed by atoms with E-state index in [4.69, 9.17) is 0 Å². The number of carbonyl (C=O) groups excluding carboxylic acids is 1. The van der Waals surface area contributed by atoms with Gasteiger partial charge in [-0.15, -0.1) is 12.4 Å². The minimum Gasteiger partial charge on any atom is -0.340 e. The number of hydrogen-bond donors (Lipinski definition) is 1. The minimum atomic E-state index is 0. The number of nitrogens with one attached hydrogen (secondary N) is 1. The molecule has 13 heavy (non-hydrogen) atoms. The second-order valence-electron chi connectivity index (χ2n) is 4.55. The summed E-state index contributed by atoms with van der Waals surface area (Å²) in [4.78, 5) is 13.3. The molecule has 1 fully saturated rings.